The Hall–Kier alpha value is -5.12. The van der Waals surface area contributed by atoms with Crippen molar-refractivity contribution in [3.63, 3.8) is 0 Å². The average Bonchev–Trinajstić information content (AvgIpc) is 3.38. The highest BCUT2D eigenvalue weighted by molar-refractivity contribution is 5.98. The normalized spacial score (nSPS) is 15.4. The van der Waals surface area contributed by atoms with E-state index in [0.29, 0.717) is 5.58 Å². The fraction of sp³-hybridized carbons (Fsp3) is 0.333. The lowest BCUT2D eigenvalue weighted by atomic mass is 9.90. The molecule has 1 aliphatic carbocycles. The maximum atomic E-state index is 13.0. The number of carbonyl (C=O) groups is 3. The molecule has 3 aromatic carbocycles. The van der Waals surface area contributed by atoms with Gasteiger partial charge in [0.1, 0.15) is 23.8 Å². The SMILES string of the molecule is O=C(N[C@@H](CCCNC(=O)c1cc2cc3c4c(c2oc1=O)CCCN4CCC3)C(=O)O)OCC1c2ccccc2-c2ccccc21. The van der Waals surface area contributed by atoms with Gasteiger partial charge in [0.25, 0.3) is 5.91 Å². The van der Waals surface area contributed by atoms with Crippen LogP contribution in [0.4, 0.5) is 10.5 Å². The minimum absolute atomic E-state index is 0.0537. The summed E-state index contributed by atoms with van der Waals surface area (Å²) in [6.07, 6.45) is 3.32. The summed E-state index contributed by atoms with van der Waals surface area (Å²) in [6, 6.07) is 18.3. The van der Waals surface area contributed by atoms with E-state index in [1.807, 2.05) is 54.6 Å². The molecule has 3 N–H and O–H groups in total. The standard InChI is InChI=1S/C36H35N3O7/c40-33(28-19-22-18-21-8-6-16-39-17-7-13-27(31(21)39)32(22)46-35(28)43)37-15-5-14-30(34(41)42)38-36(44)45-20-29-25-11-3-1-9-23(25)24-10-2-4-12-26(24)29/h1-4,9-12,18-19,29-30H,5-8,13-17,20H2,(H,37,40)(H,38,44)(H,41,42)/t30-/m0/s1. The highest BCUT2D eigenvalue weighted by Gasteiger charge is 2.30. The van der Waals surface area contributed by atoms with Gasteiger partial charge in [0.15, 0.2) is 0 Å². The number of ether oxygens (including phenoxy) is 1. The first kappa shape index (κ1) is 29.6. The minimum atomic E-state index is -1.21. The Morgan fingerprint density at radius 2 is 1.67 bits per heavy atom. The number of carboxylic acids is 1. The fourth-order valence-corrected chi connectivity index (χ4v) is 7.25. The van der Waals surface area contributed by atoms with Crippen LogP contribution < -0.4 is 21.2 Å². The monoisotopic (exact) mass is 621 g/mol. The average molecular weight is 622 g/mol. The first-order valence-electron chi connectivity index (χ1n) is 15.9. The van der Waals surface area contributed by atoms with Crippen molar-refractivity contribution in [3.8, 4) is 11.1 Å². The van der Waals surface area contributed by atoms with Crippen molar-refractivity contribution in [2.24, 2.45) is 0 Å². The van der Waals surface area contributed by atoms with Crippen molar-refractivity contribution < 1.29 is 28.6 Å². The number of aryl methyl sites for hydroxylation is 2. The molecule has 0 fully saturated rings. The van der Waals surface area contributed by atoms with E-state index in [4.69, 9.17) is 9.15 Å². The zero-order valence-corrected chi connectivity index (χ0v) is 25.3. The summed E-state index contributed by atoms with van der Waals surface area (Å²) in [5.74, 6) is -1.94. The lowest BCUT2D eigenvalue weighted by molar-refractivity contribution is -0.139. The van der Waals surface area contributed by atoms with E-state index in [9.17, 15) is 24.3 Å². The molecule has 2 aliphatic heterocycles. The second-order valence-electron chi connectivity index (χ2n) is 12.2. The molecular weight excluding hydrogens is 586 g/mol. The Kier molecular flexibility index (Phi) is 7.94. The van der Waals surface area contributed by atoms with Crippen LogP contribution in [0.3, 0.4) is 0 Å². The summed E-state index contributed by atoms with van der Waals surface area (Å²) in [7, 11) is 0. The molecule has 4 aromatic rings. The van der Waals surface area contributed by atoms with Gasteiger partial charge in [-0.15, -0.1) is 0 Å². The summed E-state index contributed by atoms with van der Waals surface area (Å²) < 4.78 is 11.2. The van der Waals surface area contributed by atoms with E-state index in [-0.39, 0.29) is 37.5 Å². The maximum Gasteiger partial charge on any atom is 0.407 e. The largest absolute Gasteiger partial charge is 0.480 e. The number of nitrogens with zero attached hydrogens (tertiary/aromatic N) is 1. The quantitative estimate of drug-likeness (QED) is 0.176. The van der Waals surface area contributed by atoms with E-state index in [0.717, 1.165) is 72.0 Å². The van der Waals surface area contributed by atoms with Crippen LogP contribution in [0, 0.1) is 0 Å². The molecule has 1 atom stereocenters. The van der Waals surface area contributed by atoms with Crippen LogP contribution >= 0.6 is 0 Å². The number of benzene rings is 3. The summed E-state index contributed by atoms with van der Waals surface area (Å²) >= 11 is 0. The van der Waals surface area contributed by atoms with Crippen LogP contribution in [-0.2, 0) is 22.4 Å². The Morgan fingerprint density at radius 1 is 0.978 bits per heavy atom. The molecule has 0 spiro atoms. The molecule has 236 valence electrons. The molecule has 0 bridgehead atoms. The third-order valence-corrected chi connectivity index (χ3v) is 9.35. The zero-order chi connectivity index (χ0) is 31.8. The Labute approximate surface area is 265 Å². The van der Waals surface area contributed by atoms with Gasteiger partial charge >= 0.3 is 17.7 Å². The minimum Gasteiger partial charge on any atom is -0.480 e. The van der Waals surface area contributed by atoms with Gasteiger partial charge in [0, 0.05) is 42.2 Å². The molecule has 46 heavy (non-hydrogen) atoms. The van der Waals surface area contributed by atoms with Crippen molar-refractivity contribution in [1.82, 2.24) is 10.6 Å². The summed E-state index contributed by atoms with van der Waals surface area (Å²) in [4.78, 5) is 52.8. The van der Waals surface area contributed by atoms with Gasteiger partial charge in [0.05, 0.1) is 0 Å². The maximum absolute atomic E-state index is 13.0. The van der Waals surface area contributed by atoms with Crippen LogP contribution in [-0.4, -0.2) is 55.4 Å². The number of hydrogen-bond acceptors (Lipinski definition) is 7. The van der Waals surface area contributed by atoms with Gasteiger partial charge in [-0.3, -0.25) is 4.79 Å². The third kappa shape index (κ3) is 5.48. The predicted molar refractivity (Wildman–Crippen MR) is 173 cm³/mol. The summed E-state index contributed by atoms with van der Waals surface area (Å²) in [5.41, 5.74) is 7.53. The van der Waals surface area contributed by atoms with Crippen LogP contribution in [0.25, 0.3) is 22.1 Å². The van der Waals surface area contributed by atoms with Crippen molar-refractivity contribution in [1.29, 1.82) is 0 Å². The highest BCUT2D eigenvalue weighted by Crippen LogP contribution is 2.44. The van der Waals surface area contributed by atoms with Crippen LogP contribution in [0.15, 0.2) is 69.9 Å². The number of amides is 2. The molecule has 3 aliphatic rings. The Balaban J connectivity index is 0.944. The molecule has 0 radical (unpaired) electrons. The molecule has 0 saturated heterocycles. The molecule has 3 heterocycles. The number of aliphatic carboxylic acids is 1. The number of anilines is 1. The molecule has 10 nitrogen and oxygen atoms in total. The second kappa shape index (κ2) is 12.3. The van der Waals surface area contributed by atoms with Gasteiger partial charge in [-0.1, -0.05) is 48.5 Å². The van der Waals surface area contributed by atoms with Crippen molar-refractivity contribution in [2.45, 2.75) is 50.5 Å². The van der Waals surface area contributed by atoms with Gasteiger partial charge in [0.2, 0.25) is 0 Å². The lowest BCUT2D eigenvalue weighted by Gasteiger charge is -2.37. The predicted octanol–water partition coefficient (Wildman–Crippen LogP) is 4.99. The highest BCUT2D eigenvalue weighted by atomic mass is 16.5. The summed E-state index contributed by atoms with van der Waals surface area (Å²) in [6.45, 7) is 2.18. The van der Waals surface area contributed by atoms with E-state index >= 15 is 0 Å². The van der Waals surface area contributed by atoms with Crippen molar-refractivity contribution in [2.75, 3.05) is 31.1 Å². The van der Waals surface area contributed by atoms with Gasteiger partial charge in [-0.25, -0.2) is 14.4 Å². The van der Waals surface area contributed by atoms with E-state index in [1.54, 1.807) is 6.07 Å². The number of fused-ring (bicyclic) bond motifs is 5. The van der Waals surface area contributed by atoms with Crippen LogP contribution in [0.5, 0.6) is 0 Å². The zero-order valence-electron chi connectivity index (χ0n) is 25.3. The second-order valence-corrected chi connectivity index (χ2v) is 12.2. The molecule has 7 rings (SSSR count). The topological polar surface area (TPSA) is 138 Å². The lowest BCUT2D eigenvalue weighted by Crippen LogP contribution is -2.42. The molecular formula is C36H35N3O7. The van der Waals surface area contributed by atoms with Gasteiger partial charge < -0.3 is 29.8 Å². The molecule has 0 unspecified atom stereocenters. The Morgan fingerprint density at radius 3 is 2.39 bits per heavy atom. The van der Waals surface area contributed by atoms with E-state index in [2.05, 4.69) is 15.5 Å². The number of alkyl carbamates (subject to hydrolysis) is 1. The van der Waals surface area contributed by atoms with E-state index < -0.39 is 29.6 Å². The first-order valence-corrected chi connectivity index (χ1v) is 15.9. The van der Waals surface area contributed by atoms with Gasteiger partial charge in [-0.2, -0.15) is 0 Å². The van der Waals surface area contributed by atoms with E-state index in [1.165, 1.54) is 11.3 Å². The van der Waals surface area contributed by atoms with Crippen LogP contribution in [0.2, 0.25) is 0 Å². The number of nitrogens with one attached hydrogen (secondary N) is 2. The van der Waals surface area contributed by atoms with Crippen molar-refractivity contribution in [3.05, 3.63) is 98.9 Å². The molecule has 2 amide bonds. The number of rotatable bonds is 9. The third-order valence-electron chi connectivity index (χ3n) is 9.35. The van der Waals surface area contributed by atoms with Gasteiger partial charge in [-0.05, 0) is 78.5 Å². The molecule has 10 heteroatoms. The Bertz CT molecular complexity index is 1870. The number of hydrogen-bond donors (Lipinski definition) is 3. The molecule has 0 saturated carbocycles. The fourth-order valence-electron chi connectivity index (χ4n) is 7.25. The van der Waals surface area contributed by atoms with Crippen molar-refractivity contribution >= 4 is 34.6 Å². The van der Waals surface area contributed by atoms with Crippen LogP contribution in [0.1, 0.15) is 64.2 Å². The number of carboxylic acid groups (broad SMARTS) is 1. The summed E-state index contributed by atoms with van der Waals surface area (Å²) in [5, 5.41) is 15.6. The first-order chi connectivity index (χ1) is 22.4. The number of carbonyl (C=O) groups excluding carboxylic acids is 2. The molecule has 1 aromatic heterocycles. The smallest absolute Gasteiger partial charge is 0.407 e.